The Bertz CT molecular complexity index is 1190. The summed E-state index contributed by atoms with van der Waals surface area (Å²) in [5, 5.41) is 4.84. The minimum atomic E-state index is -1.01. The number of fused-ring (bicyclic) bond motifs is 1. The average Bonchev–Trinajstić information content (AvgIpc) is 3.35. The Balaban J connectivity index is 1.34. The van der Waals surface area contributed by atoms with Crippen LogP contribution in [0, 0.1) is 0 Å². The number of hydrogen-bond donors (Lipinski definition) is 0. The number of halogens is 1. The molecule has 1 aromatic heterocycles. The van der Waals surface area contributed by atoms with E-state index in [1.165, 1.54) is 0 Å². The molecule has 3 heterocycles. The second kappa shape index (κ2) is 7.68. The molecule has 1 fully saturated rings. The second-order valence-electron chi connectivity index (χ2n) is 8.62. The quantitative estimate of drug-likeness (QED) is 0.606. The number of likely N-dealkylation sites (tertiary alicyclic amines) is 1. The minimum absolute atomic E-state index is 0.0261. The normalized spacial score (nSPS) is 23.6. The summed E-state index contributed by atoms with van der Waals surface area (Å²) in [6.07, 6.45) is 2.36. The van der Waals surface area contributed by atoms with Gasteiger partial charge in [-0.1, -0.05) is 47.1 Å². The van der Waals surface area contributed by atoms with Crippen LogP contribution in [0.3, 0.4) is 0 Å². The van der Waals surface area contributed by atoms with Crippen molar-refractivity contribution < 1.29 is 9.63 Å². The lowest BCUT2D eigenvalue weighted by molar-refractivity contribution is -0.154. The van der Waals surface area contributed by atoms with Gasteiger partial charge in [-0.25, -0.2) is 4.98 Å². The molecule has 6 nitrogen and oxygen atoms in total. The fourth-order valence-electron chi connectivity index (χ4n) is 4.73. The van der Waals surface area contributed by atoms with Crippen molar-refractivity contribution in [2.24, 2.45) is 12.2 Å². The zero-order chi connectivity index (χ0) is 21.6. The molecule has 0 aliphatic carbocycles. The van der Waals surface area contributed by atoms with Crippen LogP contribution in [0.2, 0.25) is 5.02 Å². The van der Waals surface area contributed by atoms with Gasteiger partial charge in [-0.05, 0) is 38.0 Å². The van der Waals surface area contributed by atoms with Crippen LogP contribution in [0.15, 0.2) is 53.7 Å². The SMILES string of the molecule is Cn1c(C2CCCN(C(=O)C3(C)CC(c4ccccc4Cl)=NO3)C2)nc2ccccc21. The number of hydrogen-bond acceptors (Lipinski definition) is 4. The fourth-order valence-corrected chi connectivity index (χ4v) is 4.98. The Morgan fingerprint density at radius 3 is 2.77 bits per heavy atom. The molecule has 1 saturated heterocycles. The molecular formula is C24H25ClN4O2. The predicted molar refractivity (Wildman–Crippen MR) is 121 cm³/mol. The van der Waals surface area contributed by atoms with Crippen LogP contribution in [-0.4, -0.2) is 44.8 Å². The number of nitrogens with zero attached hydrogens (tertiary/aromatic N) is 4. The Hall–Kier alpha value is -2.86. The third-order valence-corrected chi connectivity index (χ3v) is 6.72. The van der Waals surface area contributed by atoms with Crippen molar-refractivity contribution in [3.05, 3.63) is 64.9 Å². The lowest BCUT2D eigenvalue weighted by Crippen LogP contribution is -2.50. The zero-order valence-corrected chi connectivity index (χ0v) is 18.5. The van der Waals surface area contributed by atoms with Crippen molar-refractivity contribution >= 4 is 34.3 Å². The van der Waals surface area contributed by atoms with Gasteiger partial charge in [0.1, 0.15) is 5.82 Å². The number of oxime groups is 1. The maximum Gasteiger partial charge on any atom is 0.269 e. The molecule has 160 valence electrons. The van der Waals surface area contributed by atoms with Crippen molar-refractivity contribution in [3.8, 4) is 0 Å². The van der Waals surface area contributed by atoms with Crippen LogP contribution < -0.4 is 0 Å². The van der Waals surface area contributed by atoms with Crippen LogP contribution in [0.5, 0.6) is 0 Å². The Morgan fingerprint density at radius 2 is 1.97 bits per heavy atom. The fraction of sp³-hybridized carbons (Fsp3) is 0.375. The number of amides is 1. The number of benzene rings is 2. The van der Waals surface area contributed by atoms with Gasteiger partial charge in [0, 0.05) is 43.1 Å². The zero-order valence-electron chi connectivity index (χ0n) is 17.7. The minimum Gasteiger partial charge on any atom is -0.379 e. The number of piperidine rings is 1. The summed E-state index contributed by atoms with van der Waals surface area (Å²) in [7, 11) is 2.05. The molecule has 2 aromatic carbocycles. The molecule has 0 spiro atoms. The summed E-state index contributed by atoms with van der Waals surface area (Å²) in [5.41, 5.74) is 2.63. The summed E-state index contributed by atoms with van der Waals surface area (Å²) in [4.78, 5) is 26.0. The summed E-state index contributed by atoms with van der Waals surface area (Å²) in [5.74, 6) is 1.20. The van der Waals surface area contributed by atoms with E-state index in [4.69, 9.17) is 21.4 Å². The maximum absolute atomic E-state index is 13.5. The molecule has 2 aliphatic heterocycles. The molecule has 7 heteroatoms. The van der Waals surface area contributed by atoms with Crippen LogP contribution >= 0.6 is 11.6 Å². The van der Waals surface area contributed by atoms with E-state index < -0.39 is 5.60 Å². The summed E-state index contributed by atoms with van der Waals surface area (Å²) >= 11 is 6.32. The molecule has 2 unspecified atom stereocenters. The van der Waals surface area contributed by atoms with Gasteiger partial charge in [-0.3, -0.25) is 4.79 Å². The first-order valence-corrected chi connectivity index (χ1v) is 11.0. The predicted octanol–water partition coefficient (Wildman–Crippen LogP) is 4.52. The van der Waals surface area contributed by atoms with E-state index in [1.54, 1.807) is 0 Å². The Kier molecular flexibility index (Phi) is 4.97. The van der Waals surface area contributed by atoms with Gasteiger partial charge < -0.3 is 14.3 Å². The first-order chi connectivity index (χ1) is 15.0. The van der Waals surface area contributed by atoms with Crippen molar-refractivity contribution in [1.82, 2.24) is 14.5 Å². The molecule has 0 bridgehead atoms. The standard InChI is InChI=1S/C24H25ClN4O2/c1-24(14-20(27-31-24)17-9-3-4-10-18(17)25)23(30)29-13-7-8-16(15-29)22-26-19-11-5-6-12-21(19)28(22)2/h3-6,9-12,16H,7-8,13-15H2,1-2H3. The molecule has 2 atom stereocenters. The average molecular weight is 437 g/mol. The van der Waals surface area contributed by atoms with Gasteiger partial charge in [0.2, 0.25) is 5.60 Å². The monoisotopic (exact) mass is 436 g/mol. The molecule has 0 saturated carbocycles. The van der Waals surface area contributed by atoms with E-state index >= 15 is 0 Å². The summed E-state index contributed by atoms with van der Waals surface area (Å²) in [6.45, 7) is 3.18. The van der Waals surface area contributed by atoms with Crippen molar-refractivity contribution in [2.45, 2.75) is 37.7 Å². The van der Waals surface area contributed by atoms with Crippen LogP contribution in [-0.2, 0) is 16.7 Å². The highest BCUT2D eigenvalue weighted by atomic mass is 35.5. The molecule has 2 aliphatic rings. The Labute approximate surface area is 186 Å². The molecule has 0 N–H and O–H groups in total. The highest BCUT2D eigenvalue weighted by Gasteiger charge is 2.46. The van der Waals surface area contributed by atoms with Gasteiger partial charge in [-0.2, -0.15) is 0 Å². The molecule has 3 aromatic rings. The maximum atomic E-state index is 13.5. The van der Waals surface area contributed by atoms with E-state index in [1.807, 2.05) is 54.3 Å². The molecule has 31 heavy (non-hydrogen) atoms. The first kappa shape index (κ1) is 20.1. The number of carbonyl (C=O) groups excluding carboxylic acids is 1. The van der Waals surface area contributed by atoms with E-state index in [0.29, 0.717) is 23.7 Å². The van der Waals surface area contributed by atoms with E-state index in [9.17, 15) is 4.79 Å². The van der Waals surface area contributed by atoms with Gasteiger partial charge in [0.05, 0.1) is 16.7 Å². The lowest BCUT2D eigenvalue weighted by atomic mass is 9.91. The van der Waals surface area contributed by atoms with Gasteiger partial charge in [0.15, 0.2) is 0 Å². The Morgan fingerprint density at radius 1 is 1.19 bits per heavy atom. The third-order valence-electron chi connectivity index (χ3n) is 6.39. The lowest BCUT2D eigenvalue weighted by Gasteiger charge is -2.36. The summed E-state index contributed by atoms with van der Waals surface area (Å²) < 4.78 is 2.15. The number of carbonyl (C=O) groups is 1. The number of para-hydroxylation sites is 2. The number of aryl methyl sites for hydroxylation is 1. The molecular weight excluding hydrogens is 412 g/mol. The second-order valence-corrected chi connectivity index (χ2v) is 9.03. The van der Waals surface area contributed by atoms with Crippen LogP contribution in [0.1, 0.15) is 43.5 Å². The first-order valence-electron chi connectivity index (χ1n) is 10.7. The van der Waals surface area contributed by atoms with E-state index in [-0.39, 0.29) is 11.8 Å². The van der Waals surface area contributed by atoms with Crippen LogP contribution in [0.25, 0.3) is 11.0 Å². The molecule has 5 rings (SSSR count). The number of rotatable bonds is 3. The largest absolute Gasteiger partial charge is 0.379 e. The smallest absolute Gasteiger partial charge is 0.269 e. The van der Waals surface area contributed by atoms with Crippen molar-refractivity contribution in [1.29, 1.82) is 0 Å². The van der Waals surface area contributed by atoms with Crippen LogP contribution in [0.4, 0.5) is 0 Å². The topological polar surface area (TPSA) is 59.7 Å². The molecule has 1 amide bonds. The van der Waals surface area contributed by atoms with Crippen molar-refractivity contribution in [2.75, 3.05) is 13.1 Å². The summed E-state index contributed by atoms with van der Waals surface area (Å²) in [6, 6.07) is 15.7. The van der Waals surface area contributed by atoms with E-state index in [0.717, 1.165) is 41.8 Å². The van der Waals surface area contributed by atoms with Gasteiger partial charge in [-0.15, -0.1) is 0 Å². The highest BCUT2D eigenvalue weighted by Crippen LogP contribution is 2.34. The molecule has 0 radical (unpaired) electrons. The third kappa shape index (κ3) is 3.49. The van der Waals surface area contributed by atoms with Gasteiger partial charge >= 0.3 is 0 Å². The van der Waals surface area contributed by atoms with Crippen molar-refractivity contribution in [3.63, 3.8) is 0 Å². The highest BCUT2D eigenvalue weighted by molar-refractivity contribution is 6.34. The number of aromatic nitrogens is 2. The van der Waals surface area contributed by atoms with Gasteiger partial charge in [0.25, 0.3) is 5.91 Å². The number of imidazole rings is 1. The van der Waals surface area contributed by atoms with E-state index in [2.05, 4.69) is 22.8 Å².